The summed E-state index contributed by atoms with van der Waals surface area (Å²) in [7, 11) is 1.82. The van der Waals surface area contributed by atoms with E-state index in [1.807, 2.05) is 7.05 Å². The van der Waals surface area contributed by atoms with Crippen LogP contribution in [-0.4, -0.2) is 23.2 Å². The minimum atomic E-state index is -0.00159. The van der Waals surface area contributed by atoms with Crippen LogP contribution >= 0.6 is 12.8 Å². The molecular formula is C8H17NOS. The highest BCUT2D eigenvalue weighted by molar-refractivity contribution is 7.77. The number of nitrogens with zero attached hydrogens (tertiary/aromatic N) is 1. The predicted octanol–water partition coefficient (Wildman–Crippen LogP) is 1.91. The lowest BCUT2D eigenvalue weighted by Gasteiger charge is -2.19. The number of ketones is 1. The van der Waals surface area contributed by atoms with Crippen molar-refractivity contribution in [2.75, 3.05) is 7.05 Å². The van der Waals surface area contributed by atoms with Crippen molar-refractivity contribution in [1.82, 2.24) is 4.31 Å². The first-order valence-electron chi connectivity index (χ1n) is 4.01. The van der Waals surface area contributed by atoms with Gasteiger partial charge in [0.25, 0.3) is 0 Å². The minimum absolute atomic E-state index is 0.00159. The molecule has 66 valence electrons. The van der Waals surface area contributed by atoms with Gasteiger partial charge in [0.15, 0.2) is 0 Å². The Bertz CT molecular complexity index is 125. The highest BCUT2D eigenvalue weighted by atomic mass is 32.1. The van der Waals surface area contributed by atoms with Gasteiger partial charge < -0.3 is 0 Å². The molecule has 0 rings (SSSR count). The summed E-state index contributed by atoms with van der Waals surface area (Å²) in [4.78, 5) is 11.0. The van der Waals surface area contributed by atoms with Crippen LogP contribution in [0.15, 0.2) is 0 Å². The first-order chi connectivity index (χ1) is 5.09. The molecule has 0 aromatic carbocycles. The fourth-order valence-electron chi connectivity index (χ4n) is 1.05. The number of Topliss-reactive ketones (excluding diaryl/α,β-unsaturated/α-hetero) is 1. The zero-order valence-corrected chi connectivity index (χ0v) is 8.40. The highest BCUT2D eigenvalue weighted by Crippen LogP contribution is 2.09. The third-order valence-corrected chi connectivity index (χ3v) is 2.03. The van der Waals surface area contributed by atoms with Crippen molar-refractivity contribution >= 4 is 18.6 Å². The van der Waals surface area contributed by atoms with Crippen molar-refractivity contribution in [2.45, 2.75) is 39.2 Å². The number of hydrogen-bond acceptors (Lipinski definition) is 3. The summed E-state index contributed by atoms with van der Waals surface area (Å²) >= 11 is 4.12. The molecule has 0 spiro atoms. The fraction of sp³-hybridized carbons (Fsp3) is 0.875. The molecule has 0 aliphatic carbocycles. The number of hydrogen-bond donors (Lipinski definition) is 1. The van der Waals surface area contributed by atoms with Gasteiger partial charge in [-0.05, 0) is 20.4 Å². The van der Waals surface area contributed by atoms with Gasteiger partial charge in [0, 0.05) is 0 Å². The summed E-state index contributed by atoms with van der Waals surface area (Å²) in [5.74, 6) is 0.205. The van der Waals surface area contributed by atoms with Crippen molar-refractivity contribution < 1.29 is 4.79 Å². The topological polar surface area (TPSA) is 20.3 Å². The molecule has 0 bridgehead atoms. The molecule has 0 amide bonds. The largest absolute Gasteiger partial charge is 0.298 e. The number of rotatable bonds is 5. The molecule has 0 radical (unpaired) electrons. The molecule has 0 aromatic rings. The quantitative estimate of drug-likeness (QED) is 0.644. The maximum atomic E-state index is 11.0. The average Bonchev–Trinajstić information content (AvgIpc) is 1.87. The Kier molecular flexibility index (Phi) is 5.60. The molecule has 0 saturated heterocycles. The molecule has 0 aliphatic heterocycles. The second kappa shape index (κ2) is 5.61. The molecule has 0 aromatic heterocycles. The van der Waals surface area contributed by atoms with E-state index in [1.165, 1.54) is 0 Å². The normalized spacial score (nSPS) is 13.5. The molecular weight excluding hydrogens is 158 g/mol. The van der Waals surface area contributed by atoms with Gasteiger partial charge in [0.2, 0.25) is 0 Å². The maximum Gasteiger partial charge on any atom is 0.147 e. The molecule has 11 heavy (non-hydrogen) atoms. The average molecular weight is 175 g/mol. The van der Waals surface area contributed by atoms with Crippen LogP contribution in [0, 0.1) is 0 Å². The molecule has 0 heterocycles. The van der Waals surface area contributed by atoms with Crippen LogP contribution in [0.25, 0.3) is 0 Å². The summed E-state index contributed by atoms with van der Waals surface area (Å²) in [6, 6.07) is -0.00159. The van der Waals surface area contributed by atoms with E-state index in [2.05, 4.69) is 19.7 Å². The molecule has 3 heteroatoms. The molecule has 0 fully saturated rings. The lowest BCUT2D eigenvalue weighted by atomic mass is 10.1. The van der Waals surface area contributed by atoms with E-state index < -0.39 is 0 Å². The highest BCUT2D eigenvalue weighted by Gasteiger charge is 2.15. The van der Waals surface area contributed by atoms with Gasteiger partial charge in [0.05, 0.1) is 6.04 Å². The van der Waals surface area contributed by atoms with Crippen LogP contribution in [0.4, 0.5) is 0 Å². The van der Waals surface area contributed by atoms with Gasteiger partial charge in [-0.15, -0.1) is 0 Å². The van der Waals surface area contributed by atoms with Crippen LogP contribution in [0.1, 0.15) is 33.1 Å². The SMILES string of the molecule is CCCC[C@@H](C(C)=O)N(C)S. The van der Waals surface area contributed by atoms with Crippen LogP contribution in [0.2, 0.25) is 0 Å². The number of carbonyl (C=O) groups excluding carboxylic acids is 1. The van der Waals surface area contributed by atoms with Gasteiger partial charge in [-0.3, -0.25) is 4.79 Å². The summed E-state index contributed by atoms with van der Waals surface area (Å²) in [5.41, 5.74) is 0. The van der Waals surface area contributed by atoms with Crippen molar-refractivity contribution in [1.29, 1.82) is 0 Å². The van der Waals surface area contributed by atoms with Gasteiger partial charge in [-0.2, -0.15) is 0 Å². The number of thiol groups is 1. The van der Waals surface area contributed by atoms with Crippen LogP contribution in [0.3, 0.4) is 0 Å². The van der Waals surface area contributed by atoms with Gasteiger partial charge in [-0.1, -0.05) is 32.6 Å². The Morgan fingerprint density at radius 2 is 2.18 bits per heavy atom. The zero-order valence-electron chi connectivity index (χ0n) is 7.50. The minimum Gasteiger partial charge on any atom is -0.298 e. The van der Waals surface area contributed by atoms with Crippen LogP contribution < -0.4 is 0 Å². The Labute approximate surface area is 74.5 Å². The van der Waals surface area contributed by atoms with Gasteiger partial charge >= 0.3 is 0 Å². The van der Waals surface area contributed by atoms with Crippen molar-refractivity contribution in [2.24, 2.45) is 0 Å². The molecule has 0 aliphatic rings. The lowest BCUT2D eigenvalue weighted by molar-refractivity contribution is -0.120. The monoisotopic (exact) mass is 175 g/mol. The second-order valence-corrected chi connectivity index (χ2v) is 3.47. The lowest BCUT2D eigenvalue weighted by Crippen LogP contribution is -2.30. The van der Waals surface area contributed by atoms with Crippen LogP contribution in [0.5, 0.6) is 0 Å². The standard InChI is InChI=1S/C8H17NOS/c1-4-5-6-8(7(2)10)9(3)11/h8,11H,4-6H2,1-3H3/t8-/m0/s1. The van der Waals surface area contributed by atoms with Crippen molar-refractivity contribution in [3.05, 3.63) is 0 Å². The number of unbranched alkanes of at least 4 members (excludes halogenated alkanes) is 1. The third kappa shape index (κ3) is 4.43. The Hall–Kier alpha value is -0.0200. The first-order valence-corrected chi connectivity index (χ1v) is 4.41. The number of likely N-dealkylation sites (N-methyl/N-ethyl adjacent to an activating group) is 1. The van der Waals surface area contributed by atoms with Crippen molar-refractivity contribution in [3.8, 4) is 0 Å². The summed E-state index contributed by atoms with van der Waals surface area (Å²) < 4.78 is 1.69. The third-order valence-electron chi connectivity index (χ3n) is 1.75. The molecule has 1 atom stereocenters. The Balaban J connectivity index is 3.80. The van der Waals surface area contributed by atoms with Crippen LogP contribution in [-0.2, 0) is 4.79 Å². The van der Waals surface area contributed by atoms with E-state index in [9.17, 15) is 4.79 Å². The molecule has 2 nitrogen and oxygen atoms in total. The second-order valence-electron chi connectivity index (χ2n) is 2.84. The van der Waals surface area contributed by atoms with Gasteiger partial charge in [0.1, 0.15) is 5.78 Å². The fourth-order valence-corrected chi connectivity index (χ4v) is 1.33. The van der Waals surface area contributed by atoms with E-state index in [1.54, 1.807) is 11.2 Å². The molecule has 0 N–H and O–H groups in total. The Morgan fingerprint density at radius 3 is 2.45 bits per heavy atom. The van der Waals surface area contributed by atoms with Gasteiger partial charge in [-0.25, -0.2) is 4.31 Å². The predicted molar refractivity (Wildman–Crippen MR) is 50.7 cm³/mol. The molecule has 0 saturated carbocycles. The van der Waals surface area contributed by atoms with Crippen molar-refractivity contribution in [3.63, 3.8) is 0 Å². The molecule has 0 unspecified atom stereocenters. The van der Waals surface area contributed by atoms with E-state index in [0.29, 0.717) is 0 Å². The van der Waals surface area contributed by atoms with E-state index in [-0.39, 0.29) is 11.8 Å². The Morgan fingerprint density at radius 1 is 1.64 bits per heavy atom. The maximum absolute atomic E-state index is 11.0. The smallest absolute Gasteiger partial charge is 0.147 e. The van der Waals surface area contributed by atoms with E-state index >= 15 is 0 Å². The van der Waals surface area contributed by atoms with E-state index in [0.717, 1.165) is 19.3 Å². The van der Waals surface area contributed by atoms with E-state index in [4.69, 9.17) is 0 Å². The summed E-state index contributed by atoms with van der Waals surface area (Å²) in [6.07, 6.45) is 3.15. The zero-order chi connectivity index (χ0) is 8.85. The summed E-state index contributed by atoms with van der Waals surface area (Å²) in [5, 5.41) is 0. The number of carbonyl (C=O) groups is 1. The summed E-state index contributed by atoms with van der Waals surface area (Å²) in [6.45, 7) is 3.74. The first kappa shape index (κ1) is 11.0.